The van der Waals surface area contributed by atoms with E-state index < -0.39 is 0 Å². The number of nitrogens with one attached hydrogen (secondary N) is 1. The topological polar surface area (TPSA) is 63.8 Å². The summed E-state index contributed by atoms with van der Waals surface area (Å²) < 4.78 is 0.774. The third kappa shape index (κ3) is 2.82. The second kappa shape index (κ2) is 5.69. The van der Waals surface area contributed by atoms with Crippen LogP contribution in [0.5, 0.6) is 0 Å². The van der Waals surface area contributed by atoms with Gasteiger partial charge in [0.25, 0.3) is 0 Å². The Morgan fingerprint density at radius 3 is 2.67 bits per heavy atom. The van der Waals surface area contributed by atoms with Crippen LogP contribution >= 0.6 is 27.7 Å². The second-order valence-corrected chi connectivity index (χ2v) is 5.69. The van der Waals surface area contributed by atoms with Gasteiger partial charge in [0.2, 0.25) is 0 Å². The van der Waals surface area contributed by atoms with Crippen LogP contribution in [0.15, 0.2) is 38.9 Å². The van der Waals surface area contributed by atoms with Crippen LogP contribution < -0.4 is 11.3 Å². The van der Waals surface area contributed by atoms with Crippen molar-refractivity contribution < 1.29 is 0 Å². The molecule has 0 bridgehead atoms. The highest BCUT2D eigenvalue weighted by atomic mass is 79.9. The first-order valence-corrected chi connectivity index (χ1v) is 6.95. The summed E-state index contributed by atoms with van der Waals surface area (Å²) in [4.78, 5) is 9.41. The van der Waals surface area contributed by atoms with Gasteiger partial charge in [-0.1, -0.05) is 17.8 Å². The summed E-state index contributed by atoms with van der Waals surface area (Å²) in [6.45, 7) is 4.20. The largest absolute Gasteiger partial charge is 0.307 e. The van der Waals surface area contributed by atoms with E-state index in [0.717, 1.165) is 14.4 Å². The molecule has 0 unspecified atom stereocenters. The van der Waals surface area contributed by atoms with E-state index in [1.165, 1.54) is 17.5 Å². The minimum Gasteiger partial charge on any atom is -0.307 e. The molecular weight excluding hydrogens is 312 g/mol. The second-order valence-electron chi connectivity index (χ2n) is 3.83. The number of halogens is 1. The maximum atomic E-state index is 5.38. The number of hydrazine groups is 1. The highest BCUT2D eigenvalue weighted by Crippen LogP contribution is 2.34. The molecule has 0 aliphatic heterocycles. The summed E-state index contributed by atoms with van der Waals surface area (Å²) in [6, 6.07) is 6.33. The lowest BCUT2D eigenvalue weighted by atomic mass is 10.1. The Kier molecular flexibility index (Phi) is 4.21. The van der Waals surface area contributed by atoms with E-state index in [9.17, 15) is 0 Å². The van der Waals surface area contributed by atoms with E-state index >= 15 is 0 Å². The summed E-state index contributed by atoms with van der Waals surface area (Å²) >= 11 is 5.02. The summed E-state index contributed by atoms with van der Waals surface area (Å²) in [6.07, 6.45) is 1.49. The van der Waals surface area contributed by atoms with Gasteiger partial charge in [0, 0.05) is 4.90 Å². The Labute approximate surface area is 119 Å². The van der Waals surface area contributed by atoms with Crippen LogP contribution in [0.25, 0.3) is 0 Å². The predicted octanol–water partition coefficient (Wildman–Crippen LogP) is 3.29. The number of nitrogens with two attached hydrogens (primary N) is 1. The monoisotopic (exact) mass is 324 g/mol. The Hall–Kier alpha value is -1.11. The molecule has 0 spiro atoms. The van der Waals surface area contributed by atoms with Crippen molar-refractivity contribution in [1.82, 2.24) is 9.97 Å². The van der Waals surface area contributed by atoms with Crippen LogP contribution in [0, 0.1) is 13.8 Å². The van der Waals surface area contributed by atoms with Gasteiger partial charge in [-0.3, -0.25) is 0 Å². The molecule has 94 valence electrons. The predicted molar refractivity (Wildman–Crippen MR) is 77.6 cm³/mol. The lowest BCUT2D eigenvalue weighted by Crippen LogP contribution is -2.09. The van der Waals surface area contributed by atoms with Crippen molar-refractivity contribution in [2.45, 2.75) is 23.8 Å². The molecule has 6 heteroatoms. The molecule has 0 aliphatic carbocycles. The minimum absolute atomic E-state index is 0.580. The molecule has 3 N–H and O–H groups in total. The first kappa shape index (κ1) is 13.3. The maximum absolute atomic E-state index is 5.38. The number of nitrogen functional groups attached to an aromatic ring is 1. The van der Waals surface area contributed by atoms with E-state index in [2.05, 4.69) is 63.4 Å². The molecule has 0 radical (unpaired) electrons. The fraction of sp³-hybridized carbons (Fsp3) is 0.167. The van der Waals surface area contributed by atoms with Crippen LogP contribution in [0.4, 0.5) is 5.82 Å². The highest BCUT2D eigenvalue weighted by molar-refractivity contribution is 9.10. The van der Waals surface area contributed by atoms with Crippen LogP contribution in [-0.4, -0.2) is 9.97 Å². The van der Waals surface area contributed by atoms with E-state index in [1.807, 2.05) is 0 Å². The molecule has 4 nitrogen and oxygen atoms in total. The third-order valence-electron chi connectivity index (χ3n) is 2.59. The SMILES string of the molecule is Cc1ccc(Sc2ncnc(NN)c2Br)cc1C. The summed E-state index contributed by atoms with van der Waals surface area (Å²) in [7, 11) is 0. The van der Waals surface area contributed by atoms with Gasteiger partial charge in [-0.25, -0.2) is 15.8 Å². The van der Waals surface area contributed by atoms with Gasteiger partial charge in [-0.2, -0.15) is 0 Å². The fourth-order valence-corrected chi connectivity index (χ4v) is 2.86. The van der Waals surface area contributed by atoms with E-state index in [-0.39, 0.29) is 0 Å². The van der Waals surface area contributed by atoms with Crippen molar-refractivity contribution in [1.29, 1.82) is 0 Å². The number of rotatable bonds is 3. The van der Waals surface area contributed by atoms with Gasteiger partial charge in [-0.15, -0.1) is 0 Å². The molecule has 2 rings (SSSR count). The molecule has 1 heterocycles. The minimum atomic E-state index is 0.580. The zero-order valence-corrected chi connectivity index (χ0v) is 12.5. The zero-order chi connectivity index (χ0) is 13.1. The molecule has 2 aromatic rings. The average Bonchev–Trinajstić information content (AvgIpc) is 2.36. The molecule has 0 amide bonds. The van der Waals surface area contributed by atoms with E-state index in [1.54, 1.807) is 11.8 Å². The Bertz CT molecular complexity index is 574. The van der Waals surface area contributed by atoms with Crippen molar-refractivity contribution in [3.8, 4) is 0 Å². The van der Waals surface area contributed by atoms with Crippen LogP contribution in [0.2, 0.25) is 0 Å². The number of nitrogens with zero attached hydrogens (tertiary/aromatic N) is 2. The first-order valence-electron chi connectivity index (χ1n) is 5.34. The Morgan fingerprint density at radius 1 is 1.22 bits per heavy atom. The summed E-state index contributed by atoms with van der Waals surface area (Å²) in [5.74, 6) is 5.96. The summed E-state index contributed by atoms with van der Waals surface area (Å²) in [5, 5.41) is 0.834. The van der Waals surface area contributed by atoms with Gasteiger partial charge in [0.15, 0.2) is 5.82 Å². The van der Waals surface area contributed by atoms with Gasteiger partial charge in [0.05, 0.1) is 4.47 Å². The normalized spacial score (nSPS) is 10.4. The Morgan fingerprint density at radius 2 is 2.00 bits per heavy atom. The van der Waals surface area contributed by atoms with Crippen molar-refractivity contribution in [2.75, 3.05) is 5.43 Å². The van der Waals surface area contributed by atoms with Gasteiger partial charge in [-0.05, 0) is 53.0 Å². The van der Waals surface area contributed by atoms with Crippen molar-refractivity contribution >= 4 is 33.5 Å². The molecule has 18 heavy (non-hydrogen) atoms. The fourth-order valence-electron chi connectivity index (χ4n) is 1.41. The van der Waals surface area contributed by atoms with Crippen molar-refractivity contribution in [3.05, 3.63) is 40.1 Å². The lowest BCUT2D eigenvalue weighted by molar-refractivity contribution is 1.02. The molecular formula is C12H13BrN4S. The molecule has 0 fully saturated rings. The van der Waals surface area contributed by atoms with Crippen molar-refractivity contribution in [3.63, 3.8) is 0 Å². The van der Waals surface area contributed by atoms with Gasteiger partial charge < -0.3 is 5.43 Å². The average molecular weight is 325 g/mol. The number of anilines is 1. The molecule has 0 atom stereocenters. The van der Waals surface area contributed by atoms with Crippen molar-refractivity contribution in [2.24, 2.45) is 5.84 Å². The number of benzene rings is 1. The van der Waals surface area contributed by atoms with Gasteiger partial charge in [0.1, 0.15) is 11.4 Å². The molecule has 0 aliphatic rings. The number of hydrogen-bond acceptors (Lipinski definition) is 5. The van der Waals surface area contributed by atoms with Crippen LogP contribution in [0.1, 0.15) is 11.1 Å². The standard InChI is InChI=1S/C12H13BrN4S/c1-7-3-4-9(5-8(7)2)18-12-10(13)11(17-14)15-6-16-12/h3-6H,14H2,1-2H3,(H,15,16,17). The smallest absolute Gasteiger partial charge is 0.158 e. The summed E-state index contributed by atoms with van der Waals surface area (Å²) in [5.41, 5.74) is 5.08. The van der Waals surface area contributed by atoms with E-state index in [4.69, 9.17) is 5.84 Å². The molecule has 1 aromatic heterocycles. The lowest BCUT2D eigenvalue weighted by Gasteiger charge is -2.08. The molecule has 0 saturated heterocycles. The third-order valence-corrected chi connectivity index (χ3v) is 4.59. The molecule has 1 aromatic carbocycles. The number of aromatic nitrogens is 2. The first-order chi connectivity index (χ1) is 8.61. The van der Waals surface area contributed by atoms with Crippen LogP contribution in [0.3, 0.4) is 0 Å². The van der Waals surface area contributed by atoms with E-state index in [0.29, 0.717) is 5.82 Å². The molecule has 0 saturated carbocycles. The van der Waals surface area contributed by atoms with Gasteiger partial charge >= 0.3 is 0 Å². The zero-order valence-electron chi connectivity index (χ0n) is 10.1. The van der Waals surface area contributed by atoms with Crippen LogP contribution in [-0.2, 0) is 0 Å². The maximum Gasteiger partial charge on any atom is 0.158 e. The number of hydrogen-bond donors (Lipinski definition) is 2. The Balaban J connectivity index is 2.31. The number of aryl methyl sites for hydroxylation is 2. The highest BCUT2D eigenvalue weighted by Gasteiger charge is 2.09. The quantitative estimate of drug-likeness (QED) is 0.515.